The lowest BCUT2D eigenvalue weighted by Gasteiger charge is -2.58. The van der Waals surface area contributed by atoms with Crippen molar-refractivity contribution in [3.05, 3.63) is 11.6 Å². The smallest absolute Gasteiger partial charge is 0.326 e. The van der Waals surface area contributed by atoms with E-state index in [0.29, 0.717) is 18.3 Å². The Kier molecular flexibility index (Phi) is 9.93. The van der Waals surface area contributed by atoms with Crippen LogP contribution in [0.3, 0.4) is 0 Å². The van der Waals surface area contributed by atoms with Crippen LogP contribution in [0.25, 0.3) is 0 Å². The largest absolute Gasteiger partial charge is 0.461 e. The maximum atomic E-state index is 13.0. The van der Waals surface area contributed by atoms with Gasteiger partial charge in [0.1, 0.15) is 12.1 Å². The minimum Gasteiger partial charge on any atom is -0.461 e. The van der Waals surface area contributed by atoms with Crippen LogP contribution in [0, 0.1) is 52.3 Å². The van der Waals surface area contributed by atoms with Gasteiger partial charge < -0.3 is 9.57 Å². The SMILES string of the molecule is CC(C)CCC[C@@H](C)[C@H]1CC[C@H]2[C@@H]3CC=C4C[C@@H](OC(=O)[C@H](CC(C)C)NOC=O)CC[C@]4(C)[C@H]3CC[C@]12C. The lowest BCUT2D eigenvalue weighted by Crippen LogP contribution is -2.51. The van der Waals surface area contributed by atoms with E-state index in [1.807, 2.05) is 13.8 Å². The van der Waals surface area contributed by atoms with E-state index in [0.717, 1.165) is 54.8 Å². The first-order valence-corrected chi connectivity index (χ1v) is 16.2. The molecule has 9 atom stereocenters. The molecule has 4 aliphatic rings. The van der Waals surface area contributed by atoms with E-state index >= 15 is 0 Å². The number of hydrogen-bond acceptors (Lipinski definition) is 5. The van der Waals surface area contributed by atoms with Crippen LogP contribution in [-0.4, -0.2) is 24.6 Å². The monoisotopic (exact) mass is 543 g/mol. The van der Waals surface area contributed by atoms with E-state index in [4.69, 9.17) is 9.57 Å². The van der Waals surface area contributed by atoms with Crippen LogP contribution >= 0.6 is 0 Å². The first kappa shape index (κ1) is 30.6. The molecule has 39 heavy (non-hydrogen) atoms. The van der Waals surface area contributed by atoms with E-state index in [1.54, 1.807) is 0 Å². The molecular formula is C34H57NO4. The maximum absolute atomic E-state index is 13.0. The summed E-state index contributed by atoms with van der Waals surface area (Å²) in [5.74, 6) is 4.96. The number of fused-ring (bicyclic) bond motifs is 5. The van der Waals surface area contributed by atoms with Crippen LogP contribution in [0.1, 0.15) is 126 Å². The van der Waals surface area contributed by atoms with Gasteiger partial charge in [-0.1, -0.05) is 79.4 Å². The van der Waals surface area contributed by atoms with Gasteiger partial charge in [-0.05, 0) is 104 Å². The summed E-state index contributed by atoms with van der Waals surface area (Å²) in [6.45, 7) is 16.9. The molecule has 3 fully saturated rings. The number of allylic oxidation sites excluding steroid dienone is 1. The van der Waals surface area contributed by atoms with Crippen LogP contribution < -0.4 is 5.48 Å². The first-order valence-electron chi connectivity index (χ1n) is 16.2. The van der Waals surface area contributed by atoms with Crippen LogP contribution in [0.5, 0.6) is 0 Å². The van der Waals surface area contributed by atoms with Crippen LogP contribution in [0.4, 0.5) is 0 Å². The fourth-order valence-electron chi connectivity index (χ4n) is 9.77. The van der Waals surface area contributed by atoms with Crippen molar-refractivity contribution in [2.24, 2.45) is 52.3 Å². The second-order valence-electron chi connectivity index (χ2n) is 15.1. The van der Waals surface area contributed by atoms with Gasteiger partial charge in [-0.15, -0.1) is 5.48 Å². The van der Waals surface area contributed by atoms with Crippen molar-refractivity contribution in [3.8, 4) is 0 Å². The average Bonchev–Trinajstić information content (AvgIpc) is 3.23. The molecule has 1 N–H and O–H groups in total. The lowest BCUT2D eigenvalue weighted by molar-refractivity contribution is -0.160. The van der Waals surface area contributed by atoms with E-state index in [-0.39, 0.29) is 23.4 Å². The van der Waals surface area contributed by atoms with Crippen LogP contribution in [-0.2, 0) is 19.2 Å². The van der Waals surface area contributed by atoms with E-state index in [9.17, 15) is 9.59 Å². The van der Waals surface area contributed by atoms with Gasteiger partial charge in [0.25, 0.3) is 0 Å². The fourth-order valence-corrected chi connectivity index (χ4v) is 9.77. The molecule has 0 aromatic carbocycles. The van der Waals surface area contributed by atoms with Gasteiger partial charge >= 0.3 is 12.4 Å². The molecule has 0 heterocycles. The zero-order chi connectivity index (χ0) is 28.4. The Morgan fingerprint density at radius 1 is 1.03 bits per heavy atom. The molecule has 0 aromatic heterocycles. The molecule has 5 nitrogen and oxygen atoms in total. The van der Waals surface area contributed by atoms with Crippen molar-refractivity contribution in [3.63, 3.8) is 0 Å². The summed E-state index contributed by atoms with van der Waals surface area (Å²) >= 11 is 0. The van der Waals surface area contributed by atoms with Gasteiger partial charge in [0.2, 0.25) is 0 Å². The molecule has 0 radical (unpaired) electrons. The molecule has 4 rings (SSSR count). The molecule has 222 valence electrons. The Bertz CT molecular complexity index is 882. The molecule has 0 amide bonds. The molecule has 0 unspecified atom stereocenters. The highest BCUT2D eigenvalue weighted by Gasteiger charge is 2.59. The highest BCUT2D eigenvalue weighted by atomic mass is 16.7. The van der Waals surface area contributed by atoms with Gasteiger partial charge in [-0.25, -0.2) is 0 Å². The number of ether oxygens (including phenoxy) is 1. The summed E-state index contributed by atoms with van der Waals surface area (Å²) in [6, 6.07) is -0.618. The van der Waals surface area contributed by atoms with Crippen molar-refractivity contribution in [2.75, 3.05) is 0 Å². The quantitative estimate of drug-likeness (QED) is 0.117. The summed E-state index contributed by atoms with van der Waals surface area (Å²) in [4.78, 5) is 28.4. The number of carbonyl (C=O) groups is 2. The van der Waals surface area contributed by atoms with Crippen molar-refractivity contribution >= 4 is 12.4 Å². The molecule has 0 aliphatic heterocycles. The summed E-state index contributed by atoms with van der Waals surface area (Å²) in [5, 5.41) is 0. The third-order valence-electron chi connectivity index (χ3n) is 11.8. The number of esters is 1. The van der Waals surface area contributed by atoms with Gasteiger partial charge in [0.15, 0.2) is 0 Å². The summed E-state index contributed by atoms with van der Waals surface area (Å²) in [5.41, 5.74) is 4.87. The summed E-state index contributed by atoms with van der Waals surface area (Å²) < 4.78 is 6.02. The second kappa shape index (κ2) is 12.7. The highest BCUT2D eigenvalue weighted by Crippen LogP contribution is 2.67. The summed E-state index contributed by atoms with van der Waals surface area (Å²) in [7, 11) is 0. The molecule has 0 spiro atoms. The highest BCUT2D eigenvalue weighted by molar-refractivity contribution is 5.76. The molecule has 4 aliphatic carbocycles. The van der Waals surface area contributed by atoms with Crippen molar-refractivity contribution in [1.82, 2.24) is 5.48 Å². The van der Waals surface area contributed by atoms with Crippen molar-refractivity contribution in [2.45, 2.75) is 138 Å². The Balaban J connectivity index is 1.40. The Morgan fingerprint density at radius 3 is 2.49 bits per heavy atom. The third kappa shape index (κ3) is 6.44. The van der Waals surface area contributed by atoms with Crippen molar-refractivity contribution in [1.29, 1.82) is 0 Å². The van der Waals surface area contributed by atoms with Crippen LogP contribution in [0.15, 0.2) is 11.6 Å². The summed E-state index contributed by atoms with van der Waals surface area (Å²) in [6.07, 6.45) is 16.9. The second-order valence-corrected chi connectivity index (χ2v) is 15.1. The van der Waals surface area contributed by atoms with Gasteiger partial charge in [0, 0.05) is 6.42 Å². The Hall–Kier alpha value is -1.36. The number of carbonyl (C=O) groups excluding carboxylic acids is 2. The number of hydroxylamine groups is 1. The van der Waals surface area contributed by atoms with Gasteiger partial charge in [-0.2, -0.15) is 0 Å². The number of hydrogen-bond donors (Lipinski definition) is 1. The predicted molar refractivity (Wildman–Crippen MR) is 156 cm³/mol. The third-order valence-corrected chi connectivity index (χ3v) is 11.8. The zero-order valence-electron chi connectivity index (χ0n) is 26.0. The lowest BCUT2D eigenvalue weighted by atomic mass is 9.47. The molecular weight excluding hydrogens is 486 g/mol. The van der Waals surface area contributed by atoms with Crippen LogP contribution in [0.2, 0.25) is 0 Å². The van der Waals surface area contributed by atoms with Crippen molar-refractivity contribution < 1.29 is 19.2 Å². The average molecular weight is 544 g/mol. The topological polar surface area (TPSA) is 64.6 Å². The molecule has 0 aromatic rings. The molecule has 0 saturated heterocycles. The normalized spacial score (nSPS) is 37.4. The standard InChI is InChI=1S/C34H57NO4/c1-22(2)9-8-10-24(5)28-13-14-29-27-12-11-25-20-26(39-32(37)31(19-23(3)4)35-38-21-36)15-17-33(25,6)30(27)16-18-34(28,29)7/h11,21-24,26-31,35H,8-10,12-20H2,1-7H3/t24-,26+,27+,28-,29+,30+,31+,33+,34-/m1/s1. The van der Waals surface area contributed by atoms with E-state index in [1.165, 1.54) is 56.9 Å². The number of rotatable bonds is 12. The Morgan fingerprint density at radius 2 is 1.79 bits per heavy atom. The molecule has 5 heteroatoms. The zero-order valence-corrected chi connectivity index (χ0v) is 26.0. The molecule has 3 saturated carbocycles. The maximum Gasteiger partial charge on any atom is 0.326 e. The predicted octanol–water partition coefficient (Wildman–Crippen LogP) is 8.03. The fraction of sp³-hybridized carbons (Fsp3) is 0.882. The number of nitrogens with one attached hydrogen (secondary N) is 1. The van der Waals surface area contributed by atoms with Gasteiger partial charge in [0.05, 0.1) is 0 Å². The van der Waals surface area contributed by atoms with E-state index < -0.39 is 6.04 Å². The molecule has 0 bridgehead atoms. The minimum absolute atomic E-state index is 0.0857. The van der Waals surface area contributed by atoms with E-state index in [2.05, 4.69) is 46.2 Å². The Labute approximate surface area is 238 Å². The first-order chi connectivity index (χ1) is 18.5. The van der Waals surface area contributed by atoms with Gasteiger partial charge in [-0.3, -0.25) is 9.59 Å². The minimum atomic E-state index is -0.618.